The summed E-state index contributed by atoms with van der Waals surface area (Å²) < 4.78 is 0. The minimum absolute atomic E-state index is 0.481. The van der Waals surface area contributed by atoms with Gasteiger partial charge in [0.05, 0.1) is 0 Å². The molecule has 1 saturated carbocycles. The van der Waals surface area contributed by atoms with E-state index in [4.69, 9.17) is 5.73 Å². The molecule has 0 amide bonds. The molecule has 1 aromatic carbocycles. The van der Waals surface area contributed by atoms with Crippen LogP contribution in [0.3, 0.4) is 0 Å². The Morgan fingerprint density at radius 3 is 2.25 bits per heavy atom. The summed E-state index contributed by atoms with van der Waals surface area (Å²) in [6.45, 7) is 5.33. The van der Waals surface area contributed by atoms with Gasteiger partial charge in [-0.1, -0.05) is 38.8 Å². The van der Waals surface area contributed by atoms with Crippen molar-refractivity contribution in [2.24, 2.45) is 17.6 Å². The van der Waals surface area contributed by atoms with Crippen molar-refractivity contribution < 1.29 is 0 Å². The Labute approximate surface area is 124 Å². The standard InChI is InChI=1S/C18H30N2/c1-4-15-7-11-17(12-8-15)20(3)18(13-19)16-9-5-14(2)6-10-16/h7-8,11-12,14,16,18H,4-6,9-10,13,19H2,1-3H3. The second-order valence-corrected chi connectivity index (χ2v) is 6.45. The smallest absolute Gasteiger partial charge is 0.0437 e. The average Bonchev–Trinajstić information content (AvgIpc) is 2.50. The Morgan fingerprint density at radius 1 is 1.15 bits per heavy atom. The quantitative estimate of drug-likeness (QED) is 0.884. The minimum Gasteiger partial charge on any atom is -0.370 e. The fourth-order valence-electron chi connectivity index (χ4n) is 3.50. The van der Waals surface area contributed by atoms with Crippen LogP contribution in [-0.4, -0.2) is 19.6 Å². The Morgan fingerprint density at radius 2 is 1.75 bits per heavy atom. The van der Waals surface area contributed by atoms with Crippen molar-refractivity contribution >= 4 is 5.69 Å². The number of rotatable bonds is 5. The lowest BCUT2D eigenvalue weighted by Crippen LogP contribution is -2.44. The first kappa shape index (κ1) is 15.4. The van der Waals surface area contributed by atoms with E-state index in [1.54, 1.807) is 0 Å². The summed E-state index contributed by atoms with van der Waals surface area (Å²) in [6, 6.07) is 9.44. The first-order valence-corrected chi connectivity index (χ1v) is 8.17. The average molecular weight is 274 g/mol. The molecule has 2 nitrogen and oxygen atoms in total. The SMILES string of the molecule is CCc1ccc(N(C)C(CN)C2CCC(C)CC2)cc1. The predicted molar refractivity (Wildman–Crippen MR) is 88.2 cm³/mol. The van der Waals surface area contributed by atoms with Gasteiger partial charge in [0, 0.05) is 25.3 Å². The normalized spacial score (nSPS) is 24.4. The van der Waals surface area contributed by atoms with E-state index >= 15 is 0 Å². The van der Waals surface area contributed by atoms with Crippen LogP contribution >= 0.6 is 0 Å². The first-order valence-electron chi connectivity index (χ1n) is 8.17. The molecule has 0 aliphatic heterocycles. The second-order valence-electron chi connectivity index (χ2n) is 6.45. The maximum Gasteiger partial charge on any atom is 0.0437 e. The van der Waals surface area contributed by atoms with Crippen LogP contribution in [0.2, 0.25) is 0 Å². The lowest BCUT2D eigenvalue weighted by molar-refractivity contribution is 0.253. The van der Waals surface area contributed by atoms with Crippen molar-refractivity contribution in [3.05, 3.63) is 29.8 Å². The van der Waals surface area contributed by atoms with Crippen LogP contribution in [0.4, 0.5) is 5.69 Å². The van der Waals surface area contributed by atoms with Gasteiger partial charge in [-0.2, -0.15) is 0 Å². The molecule has 2 rings (SSSR count). The summed E-state index contributed by atoms with van der Waals surface area (Å²) in [5.74, 6) is 1.66. The Balaban J connectivity index is 2.05. The van der Waals surface area contributed by atoms with Gasteiger partial charge in [-0.15, -0.1) is 0 Å². The molecule has 1 atom stereocenters. The van der Waals surface area contributed by atoms with E-state index in [1.165, 1.54) is 36.9 Å². The molecule has 0 saturated heterocycles. The molecule has 0 aromatic heterocycles. The molecular formula is C18H30N2. The van der Waals surface area contributed by atoms with Gasteiger partial charge in [-0.05, 0) is 48.8 Å². The third-order valence-electron chi connectivity index (χ3n) is 5.10. The van der Waals surface area contributed by atoms with Crippen LogP contribution in [-0.2, 0) is 6.42 Å². The van der Waals surface area contributed by atoms with Crippen molar-refractivity contribution in [1.82, 2.24) is 0 Å². The summed E-state index contributed by atoms with van der Waals surface area (Å²) in [4.78, 5) is 2.40. The van der Waals surface area contributed by atoms with E-state index < -0.39 is 0 Å². The third kappa shape index (κ3) is 3.54. The molecule has 1 aromatic rings. The zero-order valence-electron chi connectivity index (χ0n) is 13.3. The van der Waals surface area contributed by atoms with Gasteiger partial charge in [0.1, 0.15) is 0 Å². The fraction of sp³-hybridized carbons (Fsp3) is 0.667. The number of hydrogen-bond donors (Lipinski definition) is 1. The number of benzene rings is 1. The minimum atomic E-state index is 0.481. The summed E-state index contributed by atoms with van der Waals surface area (Å²) in [7, 11) is 2.20. The number of aryl methyl sites for hydroxylation is 1. The van der Waals surface area contributed by atoms with Crippen molar-refractivity contribution in [2.75, 3.05) is 18.5 Å². The second kappa shape index (κ2) is 7.12. The largest absolute Gasteiger partial charge is 0.370 e. The highest BCUT2D eigenvalue weighted by Gasteiger charge is 2.28. The van der Waals surface area contributed by atoms with Crippen LogP contribution in [0.15, 0.2) is 24.3 Å². The van der Waals surface area contributed by atoms with Crippen molar-refractivity contribution in [1.29, 1.82) is 0 Å². The molecule has 0 heterocycles. The molecule has 2 heteroatoms. The van der Waals surface area contributed by atoms with Crippen molar-refractivity contribution in [3.63, 3.8) is 0 Å². The molecule has 1 unspecified atom stereocenters. The molecule has 0 spiro atoms. The van der Waals surface area contributed by atoms with Gasteiger partial charge in [-0.3, -0.25) is 0 Å². The van der Waals surface area contributed by atoms with Crippen LogP contribution < -0.4 is 10.6 Å². The van der Waals surface area contributed by atoms with Gasteiger partial charge in [0.2, 0.25) is 0 Å². The number of likely N-dealkylation sites (N-methyl/N-ethyl adjacent to an activating group) is 1. The van der Waals surface area contributed by atoms with E-state index in [0.717, 1.165) is 24.8 Å². The molecule has 1 fully saturated rings. The molecule has 20 heavy (non-hydrogen) atoms. The van der Waals surface area contributed by atoms with Crippen molar-refractivity contribution in [2.45, 2.75) is 52.0 Å². The molecule has 0 radical (unpaired) electrons. The van der Waals surface area contributed by atoms with Crippen LogP contribution in [0.25, 0.3) is 0 Å². The zero-order chi connectivity index (χ0) is 14.5. The molecule has 1 aliphatic rings. The van der Waals surface area contributed by atoms with Gasteiger partial charge >= 0.3 is 0 Å². The highest BCUT2D eigenvalue weighted by atomic mass is 15.1. The number of anilines is 1. The zero-order valence-corrected chi connectivity index (χ0v) is 13.3. The van der Waals surface area contributed by atoms with Crippen molar-refractivity contribution in [3.8, 4) is 0 Å². The molecule has 1 aliphatic carbocycles. The predicted octanol–water partition coefficient (Wildman–Crippen LogP) is 3.84. The summed E-state index contributed by atoms with van der Waals surface area (Å²) >= 11 is 0. The van der Waals surface area contributed by atoms with E-state index in [9.17, 15) is 0 Å². The Kier molecular flexibility index (Phi) is 5.47. The highest BCUT2D eigenvalue weighted by molar-refractivity contribution is 5.48. The van der Waals surface area contributed by atoms with Gasteiger partial charge in [0.25, 0.3) is 0 Å². The van der Waals surface area contributed by atoms with E-state index in [-0.39, 0.29) is 0 Å². The van der Waals surface area contributed by atoms with Crippen LogP contribution in [0, 0.1) is 11.8 Å². The first-order chi connectivity index (χ1) is 9.65. The van der Waals surface area contributed by atoms with Gasteiger partial charge < -0.3 is 10.6 Å². The maximum atomic E-state index is 6.09. The lowest BCUT2D eigenvalue weighted by atomic mass is 9.78. The lowest BCUT2D eigenvalue weighted by Gasteiger charge is -2.38. The van der Waals surface area contributed by atoms with Gasteiger partial charge in [-0.25, -0.2) is 0 Å². The maximum absolute atomic E-state index is 6.09. The molecule has 0 bridgehead atoms. The van der Waals surface area contributed by atoms with E-state index in [0.29, 0.717) is 6.04 Å². The Bertz CT molecular complexity index is 390. The number of nitrogens with two attached hydrogens (primary N) is 1. The fourth-order valence-corrected chi connectivity index (χ4v) is 3.50. The van der Waals surface area contributed by atoms with E-state index in [2.05, 4.69) is 50.1 Å². The summed E-state index contributed by atoms with van der Waals surface area (Å²) in [6.07, 6.45) is 6.50. The van der Waals surface area contributed by atoms with Gasteiger partial charge in [0.15, 0.2) is 0 Å². The van der Waals surface area contributed by atoms with Crippen LogP contribution in [0.5, 0.6) is 0 Å². The number of hydrogen-bond acceptors (Lipinski definition) is 2. The van der Waals surface area contributed by atoms with Crippen LogP contribution in [0.1, 0.15) is 45.1 Å². The molecule has 2 N–H and O–H groups in total. The Hall–Kier alpha value is -1.02. The molecule has 112 valence electrons. The third-order valence-corrected chi connectivity index (χ3v) is 5.10. The van der Waals surface area contributed by atoms with E-state index in [1.807, 2.05) is 0 Å². The highest BCUT2D eigenvalue weighted by Crippen LogP contribution is 2.33. The number of nitrogens with zero attached hydrogens (tertiary/aromatic N) is 1. The summed E-state index contributed by atoms with van der Waals surface area (Å²) in [5, 5.41) is 0. The topological polar surface area (TPSA) is 29.3 Å². The monoisotopic (exact) mass is 274 g/mol. The molecular weight excluding hydrogens is 244 g/mol. The summed E-state index contributed by atoms with van der Waals surface area (Å²) in [5.41, 5.74) is 8.79.